The van der Waals surface area contributed by atoms with Gasteiger partial charge >= 0.3 is 0 Å². The van der Waals surface area contributed by atoms with E-state index >= 15 is 0 Å². The van der Waals surface area contributed by atoms with Gasteiger partial charge in [0.25, 0.3) is 0 Å². The highest BCUT2D eigenvalue weighted by Gasteiger charge is 2.17. The molecule has 1 N–H and O–H groups in total. The highest BCUT2D eigenvalue weighted by molar-refractivity contribution is 5.45. The molecule has 0 radical (unpaired) electrons. The summed E-state index contributed by atoms with van der Waals surface area (Å²) in [4.78, 5) is 2.11. The Morgan fingerprint density at radius 3 is 2.61 bits per heavy atom. The molecular weight excluding hydrogens is 227 g/mol. The Balaban J connectivity index is 2.68. The molecule has 0 fully saturated rings. The summed E-state index contributed by atoms with van der Waals surface area (Å²) in [5, 5.41) is 3.51. The first kappa shape index (κ1) is 15.0. The van der Waals surface area contributed by atoms with Crippen molar-refractivity contribution in [2.45, 2.75) is 33.2 Å². The van der Waals surface area contributed by atoms with Gasteiger partial charge in [-0.1, -0.05) is 33.3 Å². The lowest BCUT2D eigenvalue weighted by molar-refractivity contribution is 0.376. The van der Waals surface area contributed by atoms with Crippen molar-refractivity contribution < 1.29 is 4.39 Å². The number of hydrogen-bond donors (Lipinski definition) is 1. The van der Waals surface area contributed by atoms with Crippen molar-refractivity contribution in [1.82, 2.24) is 5.32 Å². The van der Waals surface area contributed by atoms with Crippen molar-refractivity contribution in [3.63, 3.8) is 0 Å². The van der Waals surface area contributed by atoms with E-state index < -0.39 is 0 Å². The Morgan fingerprint density at radius 2 is 2.06 bits per heavy atom. The third-order valence-corrected chi connectivity index (χ3v) is 3.52. The molecule has 1 rings (SSSR count). The number of rotatable bonds is 7. The third kappa shape index (κ3) is 4.30. The van der Waals surface area contributed by atoms with Gasteiger partial charge in [0.2, 0.25) is 0 Å². The van der Waals surface area contributed by atoms with Crippen molar-refractivity contribution in [2.24, 2.45) is 5.92 Å². The van der Waals surface area contributed by atoms with E-state index in [2.05, 4.69) is 31.0 Å². The monoisotopic (exact) mass is 252 g/mol. The molecule has 2 atom stereocenters. The minimum Gasteiger partial charge on any atom is -0.373 e. The number of benzene rings is 1. The Hall–Kier alpha value is -1.09. The van der Waals surface area contributed by atoms with Crippen LogP contribution < -0.4 is 10.2 Å². The van der Waals surface area contributed by atoms with Crippen LogP contribution in [0.25, 0.3) is 0 Å². The van der Waals surface area contributed by atoms with Gasteiger partial charge in [-0.05, 0) is 30.7 Å². The minimum atomic E-state index is -0.178. The molecule has 1 aromatic rings. The first-order chi connectivity index (χ1) is 8.58. The molecule has 2 nitrogen and oxygen atoms in total. The van der Waals surface area contributed by atoms with Gasteiger partial charge in [-0.3, -0.25) is 0 Å². The van der Waals surface area contributed by atoms with E-state index in [0.29, 0.717) is 12.0 Å². The molecule has 1 aromatic carbocycles. The molecule has 0 spiro atoms. The molecule has 0 saturated carbocycles. The van der Waals surface area contributed by atoms with E-state index in [1.165, 1.54) is 6.07 Å². The summed E-state index contributed by atoms with van der Waals surface area (Å²) in [6.07, 6.45) is 1.15. The van der Waals surface area contributed by atoms with E-state index in [1.807, 2.05) is 13.1 Å². The number of halogens is 1. The molecular formula is C15H25FN2. The highest BCUT2D eigenvalue weighted by atomic mass is 19.1. The fraction of sp³-hybridized carbons (Fsp3) is 0.600. The van der Waals surface area contributed by atoms with E-state index in [0.717, 1.165) is 25.2 Å². The highest BCUT2D eigenvalue weighted by Crippen LogP contribution is 2.16. The van der Waals surface area contributed by atoms with Gasteiger partial charge in [0.15, 0.2) is 0 Å². The maximum absolute atomic E-state index is 13.2. The average Bonchev–Trinajstić information content (AvgIpc) is 2.37. The molecule has 18 heavy (non-hydrogen) atoms. The second kappa shape index (κ2) is 7.37. The van der Waals surface area contributed by atoms with Crippen molar-refractivity contribution >= 4 is 5.69 Å². The number of nitrogens with one attached hydrogen (secondary N) is 1. The zero-order valence-corrected chi connectivity index (χ0v) is 11.9. The molecule has 0 aliphatic rings. The summed E-state index contributed by atoms with van der Waals surface area (Å²) in [6, 6.07) is 7.20. The zero-order chi connectivity index (χ0) is 13.5. The number of anilines is 1. The topological polar surface area (TPSA) is 15.3 Å². The quantitative estimate of drug-likeness (QED) is 0.801. The molecule has 0 heterocycles. The van der Waals surface area contributed by atoms with E-state index in [1.54, 1.807) is 12.1 Å². The molecule has 0 amide bonds. The van der Waals surface area contributed by atoms with Crippen LogP contribution in [-0.4, -0.2) is 26.2 Å². The summed E-state index contributed by atoms with van der Waals surface area (Å²) >= 11 is 0. The van der Waals surface area contributed by atoms with Crippen LogP contribution in [0, 0.1) is 11.7 Å². The lowest BCUT2D eigenvalue weighted by Crippen LogP contribution is -2.43. The van der Waals surface area contributed by atoms with Crippen LogP contribution in [0.3, 0.4) is 0 Å². The second-order valence-corrected chi connectivity index (χ2v) is 4.91. The Morgan fingerprint density at radius 1 is 1.33 bits per heavy atom. The van der Waals surface area contributed by atoms with Crippen molar-refractivity contribution in [2.75, 3.05) is 25.0 Å². The minimum absolute atomic E-state index is 0.178. The first-order valence-electron chi connectivity index (χ1n) is 6.78. The number of nitrogens with zero attached hydrogens (tertiary/aromatic N) is 1. The Labute approximate surface area is 110 Å². The van der Waals surface area contributed by atoms with Crippen LogP contribution in [0.4, 0.5) is 10.1 Å². The standard InChI is InChI=1S/C15H25FN2/c1-5-12(3)15(17-6-2)11-18(4)14-9-7-8-13(16)10-14/h7-10,12,15,17H,5-6,11H2,1-4H3. The van der Waals surface area contributed by atoms with Crippen molar-refractivity contribution in [3.05, 3.63) is 30.1 Å². The van der Waals surface area contributed by atoms with Crippen LogP contribution >= 0.6 is 0 Å². The normalized spacial score (nSPS) is 14.3. The number of likely N-dealkylation sites (N-methyl/N-ethyl adjacent to an activating group) is 2. The second-order valence-electron chi connectivity index (χ2n) is 4.91. The fourth-order valence-electron chi connectivity index (χ4n) is 2.11. The SMILES string of the molecule is CCNC(CN(C)c1cccc(F)c1)C(C)CC. The molecule has 0 aliphatic carbocycles. The molecule has 0 bridgehead atoms. The van der Waals surface area contributed by atoms with Gasteiger partial charge in [-0.15, -0.1) is 0 Å². The van der Waals surface area contributed by atoms with Gasteiger partial charge in [0.05, 0.1) is 0 Å². The van der Waals surface area contributed by atoms with Gasteiger partial charge in [0.1, 0.15) is 5.82 Å². The predicted octanol–water partition coefficient (Wildman–Crippen LogP) is 3.29. The van der Waals surface area contributed by atoms with Crippen LogP contribution in [0.15, 0.2) is 24.3 Å². The number of hydrogen-bond acceptors (Lipinski definition) is 2. The predicted molar refractivity (Wildman–Crippen MR) is 76.6 cm³/mol. The summed E-state index contributed by atoms with van der Waals surface area (Å²) < 4.78 is 13.2. The van der Waals surface area contributed by atoms with Gasteiger partial charge in [-0.2, -0.15) is 0 Å². The average molecular weight is 252 g/mol. The molecule has 102 valence electrons. The van der Waals surface area contributed by atoms with Crippen LogP contribution in [0.5, 0.6) is 0 Å². The van der Waals surface area contributed by atoms with E-state index in [-0.39, 0.29) is 5.82 Å². The molecule has 2 unspecified atom stereocenters. The maximum atomic E-state index is 13.2. The van der Waals surface area contributed by atoms with Crippen LogP contribution in [-0.2, 0) is 0 Å². The zero-order valence-electron chi connectivity index (χ0n) is 11.9. The van der Waals surface area contributed by atoms with Crippen molar-refractivity contribution in [3.8, 4) is 0 Å². The fourth-order valence-corrected chi connectivity index (χ4v) is 2.11. The Bertz CT molecular complexity index is 354. The van der Waals surface area contributed by atoms with E-state index in [4.69, 9.17) is 0 Å². The summed E-state index contributed by atoms with van der Waals surface area (Å²) in [5.74, 6) is 0.434. The first-order valence-corrected chi connectivity index (χ1v) is 6.78. The lowest BCUT2D eigenvalue weighted by atomic mass is 9.98. The third-order valence-electron chi connectivity index (χ3n) is 3.52. The van der Waals surface area contributed by atoms with Crippen LogP contribution in [0.2, 0.25) is 0 Å². The summed E-state index contributed by atoms with van der Waals surface area (Å²) in [6.45, 7) is 8.44. The molecule has 3 heteroatoms. The largest absolute Gasteiger partial charge is 0.373 e. The molecule has 0 aromatic heterocycles. The van der Waals surface area contributed by atoms with Gasteiger partial charge < -0.3 is 10.2 Å². The van der Waals surface area contributed by atoms with Gasteiger partial charge in [-0.25, -0.2) is 4.39 Å². The van der Waals surface area contributed by atoms with E-state index in [9.17, 15) is 4.39 Å². The molecule has 0 saturated heterocycles. The lowest BCUT2D eigenvalue weighted by Gasteiger charge is -2.30. The summed E-state index contributed by atoms with van der Waals surface area (Å²) in [7, 11) is 2.02. The maximum Gasteiger partial charge on any atom is 0.125 e. The van der Waals surface area contributed by atoms with Crippen LogP contribution in [0.1, 0.15) is 27.2 Å². The molecule has 0 aliphatic heterocycles. The Kier molecular flexibility index (Phi) is 6.13. The van der Waals surface area contributed by atoms with Gasteiger partial charge in [0, 0.05) is 25.3 Å². The smallest absolute Gasteiger partial charge is 0.125 e. The summed E-state index contributed by atoms with van der Waals surface area (Å²) in [5.41, 5.74) is 0.932. The van der Waals surface area contributed by atoms with Crippen molar-refractivity contribution in [1.29, 1.82) is 0 Å².